The molecule has 2 rings (SSSR count). The van der Waals surface area contributed by atoms with Crippen LogP contribution in [0.25, 0.3) is 0 Å². The van der Waals surface area contributed by atoms with Crippen molar-refractivity contribution < 1.29 is 14.2 Å². The summed E-state index contributed by atoms with van der Waals surface area (Å²) < 4.78 is 19.4. The molecular weight excluding hydrogens is 243 g/mol. The van der Waals surface area contributed by atoms with Crippen LogP contribution in [0, 0.1) is 12.7 Å². The van der Waals surface area contributed by atoms with E-state index in [1.165, 1.54) is 6.07 Å². The summed E-state index contributed by atoms with van der Waals surface area (Å²) in [6.07, 6.45) is -1.02. The van der Waals surface area contributed by atoms with Crippen LogP contribution in [0.5, 0.6) is 5.75 Å². The monoisotopic (exact) mass is 260 g/mol. The second kappa shape index (κ2) is 5.85. The van der Waals surface area contributed by atoms with Crippen LogP contribution in [0.4, 0.5) is 4.39 Å². The molecule has 1 N–H and O–H groups in total. The smallest absolute Gasteiger partial charge is 0.129 e. The first kappa shape index (κ1) is 13.6. The third kappa shape index (κ3) is 2.93. The number of para-hydroxylation sites is 1. The van der Waals surface area contributed by atoms with E-state index in [4.69, 9.17) is 4.74 Å². The highest BCUT2D eigenvalue weighted by atomic mass is 19.1. The molecule has 1 unspecified atom stereocenters. The highest BCUT2D eigenvalue weighted by molar-refractivity contribution is 5.41. The highest BCUT2D eigenvalue weighted by Crippen LogP contribution is 2.31. The summed E-state index contributed by atoms with van der Waals surface area (Å²) in [6.45, 7) is 4.18. The minimum atomic E-state index is -1.02. The Labute approximate surface area is 112 Å². The molecule has 0 aliphatic rings. The van der Waals surface area contributed by atoms with Crippen molar-refractivity contribution >= 4 is 0 Å². The van der Waals surface area contributed by atoms with E-state index in [1.807, 2.05) is 19.9 Å². The van der Waals surface area contributed by atoms with E-state index in [9.17, 15) is 9.50 Å². The first-order valence-electron chi connectivity index (χ1n) is 6.29. The second-order valence-electron chi connectivity index (χ2n) is 4.40. The molecule has 3 heteroatoms. The molecule has 0 aromatic heterocycles. The Morgan fingerprint density at radius 2 is 1.89 bits per heavy atom. The Kier molecular flexibility index (Phi) is 4.17. The van der Waals surface area contributed by atoms with Gasteiger partial charge in [-0.1, -0.05) is 30.3 Å². The number of hydrogen-bond donors (Lipinski definition) is 1. The number of aliphatic hydroxyl groups is 1. The van der Waals surface area contributed by atoms with Gasteiger partial charge in [-0.3, -0.25) is 0 Å². The highest BCUT2D eigenvalue weighted by Gasteiger charge is 2.18. The Balaban J connectivity index is 2.41. The van der Waals surface area contributed by atoms with Crippen molar-refractivity contribution in [1.82, 2.24) is 0 Å². The predicted molar refractivity (Wildman–Crippen MR) is 72.8 cm³/mol. The zero-order chi connectivity index (χ0) is 13.8. The molecule has 0 heterocycles. The van der Waals surface area contributed by atoms with E-state index >= 15 is 0 Å². The fourth-order valence-corrected chi connectivity index (χ4v) is 2.01. The van der Waals surface area contributed by atoms with E-state index in [0.29, 0.717) is 17.9 Å². The number of hydrogen-bond acceptors (Lipinski definition) is 2. The average molecular weight is 260 g/mol. The fourth-order valence-electron chi connectivity index (χ4n) is 2.01. The summed E-state index contributed by atoms with van der Waals surface area (Å²) >= 11 is 0. The van der Waals surface area contributed by atoms with Crippen LogP contribution in [-0.4, -0.2) is 11.7 Å². The van der Waals surface area contributed by atoms with Crippen LogP contribution in [0.1, 0.15) is 29.7 Å². The van der Waals surface area contributed by atoms with E-state index in [0.717, 1.165) is 5.56 Å². The maximum atomic E-state index is 13.9. The topological polar surface area (TPSA) is 29.5 Å². The molecule has 100 valence electrons. The third-order valence-electron chi connectivity index (χ3n) is 2.96. The number of halogens is 1. The molecule has 0 saturated heterocycles. The predicted octanol–water partition coefficient (Wildman–Crippen LogP) is 3.61. The van der Waals surface area contributed by atoms with Gasteiger partial charge < -0.3 is 9.84 Å². The molecule has 0 fully saturated rings. The van der Waals surface area contributed by atoms with Gasteiger partial charge in [0, 0.05) is 11.1 Å². The van der Waals surface area contributed by atoms with Crippen LogP contribution in [-0.2, 0) is 0 Å². The van der Waals surface area contributed by atoms with Gasteiger partial charge >= 0.3 is 0 Å². The number of ether oxygens (including phenoxy) is 1. The molecule has 0 spiro atoms. The van der Waals surface area contributed by atoms with E-state index in [2.05, 4.69) is 0 Å². The van der Waals surface area contributed by atoms with Crippen LogP contribution in [0.2, 0.25) is 0 Å². The molecule has 2 nitrogen and oxygen atoms in total. The quantitative estimate of drug-likeness (QED) is 0.909. The standard InChI is InChI=1S/C16H17FO2/c1-3-19-15-7-5-4-6-13(15)16(18)12-9-8-11(2)10-14(12)17/h4-10,16,18H,3H2,1-2H3. The number of aliphatic hydroxyl groups excluding tert-OH is 1. The Morgan fingerprint density at radius 3 is 2.58 bits per heavy atom. The summed E-state index contributed by atoms with van der Waals surface area (Å²) in [4.78, 5) is 0. The number of rotatable bonds is 4. The summed E-state index contributed by atoms with van der Waals surface area (Å²) in [5.74, 6) is 0.177. The van der Waals surface area contributed by atoms with Gasteiger partial charge in [0.25, 0.3) is 0 Å². The molecule has 2 aromatic carbocycles. The largest absolute Gasteiger partial charge is 0.493 e. The maximum absolute atomic E-state index is 13.9. The van der Waals surface area contributed by atoms with Gasteiger partial charge in [-0.2, -0.15) is 0 Å². The summed E-state index contributed by atoms with van der Waals surface area (Å²) in [5, 5.41) is 10.4. The van der Waals surface area contributed by atoms with E-state index < -0.39 is 11.9 Å². The fraction of sp³-hybridized carbons (Fsp3) is 0.250. The van der Waals surface area contributed by atoms with Gasteiger partial charge in [-0.15, -0.1) is 0 Å². The molecule has 0 aliphatic carbocycles. The first-order valence-corrected chi connectivity index (χ1v) is 6.29. The molecule has 0 bridgehead atoms. The lowest BCUT2D eigenvalue weighted by atomic mass is 9.99. The number of aryl methyl sites for hydroxylation is 1. The van der Waals surface area contributed by atoms with Gasteiger partial charge in [0.05, 0.1) is 6.61 Å². The zero-order valence-corrected chi connectivity index (χ0v) is 11.1. The van der Waals surface area contributed by atoms with E-state index in [1.54, 1.807) is 30.3 Å². The molecule has 19 heavy (non-hydrogen) atoms. The minimum absolute atomic E-state index is 0.262. The second-order valence-corrected chi connectivity index (χ2v) is 4.40. The molecule has 2 aromatic rings. The van der Waals surface area contributed by atoms with Crippen molar-refractivity contribution in [3.05, 3.63) is 65.0 Å². The summed E-state index contributed by atoms with van der Waals surface area (Å²) in [5.41, 5.74) is 1.66. The zero-order valence-electron chi connectivity index (χ0n) is 11.1. The summed E-state index contributed by atoms with van der Waals surface area (Å²) in [7, 11) is 0. The molecule has 0 amide bonds. The number of benzene rings is 2. The maximum Gasteiger partial charge on any atom is 0.129 e. The van der Waals surface area contributed by atoms with Crippen LogP contribution >= 0.6 is 0 Å². The SMILES string of the molecule is CCOc1ccccc1C(O)c1ccc(C)cc1F. The van der Waals surface area contributed by atoms with Gasteiger partial charge in [-0.25, -0.2) is 4.39 Å². The van der Waals surface area contributed by atoms with Crippen LogP contribution in [0.3, 0.4) is 0 Å². The molecular formula is C16H17FO2. The van der Waals surface area contributed by atoms with Crippen molar-refractivity contribution in [3.63, 3.8) is 0 Å². The van der Waals surface area contributed by atoms with Crippen molar-refractivity contribution in [2.24, 2.45) is 0 Å². The van der Waals surface area contributed by atoms with Crippen molar-refractivity contribution in [3.8, 4) is 5.75 Å². The average Bonchev–Trinajstić information content (AvgIpc) is 2.39. The van der Waals surface area contributed by atoms with Crippen molar-refractivity contribution in [2.75, 3.05) is 6.61 Å². The van der Waals surface area contributed by atoms with Crippen molar-refractivity contribution in [1.29, 1.82) is 0 Å². The lowest BCUT2D eigenvalue weighted by molar-refractivity contribution is 0.207. The Hall–Kier alpha value is -1.87. The summed E-state index contributed by atoms with van der Waals surface area (Å²) in [6, 6.07) is 12.0. The van der Waals surface area contributed by atoms with Gasteiger partial charge in [-0.05, 0) is 31.5 Å². The molecule has 0 radical (unpaired) electrons. The third-order valence-corrected chi connectivity index (χ3v) is 2.96. The van der Waals surface area contributed by atoms with Gasteiger partial charge in [0.1, 0.15) is 17.7 Å². The molecule has 1 atom stereocenters. The van der Waals surface area contributed by atoms with Crippen molar-refractivity contribution in [2.45, 2.75) is 20.0 Å². The Bertz CT molecular complexity index is 566. The van der Waals surface area contributed by atoms with Gasteiger partial charge in [0.2, 0.25) is 0 Å². The normalized spacial score (nSPS) is 12.2. The molecule has 0 aliphatic heterocycles. The van der Waals surface area contributed by atoms with Crippen LogP contribution in [0.15, 0.2) is 42.5 Å². The minimum Gasteiger partial charge on any atom is -0.493 e. The lowest BCUT2D eigenvalue weighted by Crippen LogP contribution is -2.06. The van der Waals surface area contributed by atoms with Crippen LogP contribution < -0.4 is 4.74 Å². The first-order chi connectivity index (χ1) is 9.13. The Morgan fingerprint density at radius 1 is 1.16 bits per heavy atom. The van der Waals surface area contributed by atoms with Gasteiger partial charge in [0.15, 0.2) is 0 Å². The van der Waals surface area contributed by atoms with E-state index in [-0.39, 0.29) is 5.56 Å². The lowest BCUT2D eigenvalue weighted by Gasteiger charge is -2.16. The molecule has 0 saturated carbocycles.